The summed E-state index contributed by atoms with van der Waals surface area (Å²) in [6, 6.07) is 0. The number of hydrogen-bond donors (Lipinski definition) is 15. The van der Waals surface area contributed by atoms with Crippen molar-refractivity contribution < 1.29 is 124 Å². The Morgan fingerprint density at radius 1 is 0.645 bits per heavy atom. The maximum Gasteiger partial charge on any atom is 0.187 e. The number of ketones is 1. The van der Waals surface area contributed by atoms with E-state index < -0.39 is 167 Å². The third-order valence-electron chi connectivity index (χ3n) is 19.4. The van der Waals surface area contributed by atoms with Crippen LogP contribution in [0.2, 0.25) is 0 Å². The van der Waals surface area contributed by atoms with Gasteiger partial charge in [0.25, 0.3) is 0 Å². The predicted molar refractivity (Wildman–Crippen MR) is 252 cm³/mol. The molecule has 76 heavy (non-hydrogen) atoms. The van der Waals surface area contributed by atoms with Gasteiger partial charge in [-0.05, 0) is 67.6 Å². The van der Waals surface area contributed by atoms with Gasteiger partial charge in [-0.15, -0.1) is 0 Å². The van der Waals surface area contributed by atoms with Crippen LogP contribution in [0, 0.1) is 46.3 Å². The molecular weight excluding hydrogens is 1010 g/mol. The Hall–Kier alpha value is -1.55. The fourth-order valence-electron chi connectivity index (χ4n) is 14.7. The summed E-state index contributed by atoms with van der Waals surface area (Å²) in [7, 11) is 0. The number of carbonyl (C=O) groups excluding carboxylic acids is 1. The Bertz CT molecular complexity index is 2020. The second kappa shape index (κ2) is 23.0. The summed E-state index contributed by atoms with van der Waals surface area (Å²) in [5, 5.41) is 159. The summed E-state index contributed by atoms with van der Waals surface area (Å²) >= 11 is 0. The van der Waals surface area contributed by atoms with Crippen molar-refractivity contribution in [3.8, 4) is 0 Å². The largest absolute Gasteiger partial charge is 0.394 e. The van der Waals surface area contributed by atoms with Crippen molar-refractivity contribution in [1.82, 2.24) is 0 Å². The molecule has 436 valence electrons. The minimum atomic E-state index is -1.94. The first-order chi connectivity index (χ1) is 35.9. The molecule has 0 amide bonds. The van der Waals surface area contributed by atoms with Gasteiger partial charge >= 0.3 is 0 Å². The Morgan fingerprint density at radius 3 is 1.80 bits per heavy atom. The van der Waals surface area contributed by atoms with Crippen molar-refractivity contribution >= 4 is 5.78 Å². The highest BCUT2D eigenvalue weighted by Gasteiger charge is 2.71. The lowest BCUT2D eigenvalue weighted by atomic mass is 9.46. The maximum absolute atomic E-state index is 14.7. The molecule has 5 heterocycles. The predicted octanol–water partition coefficient (Wildman–Crippen LogP) is -4.86. The van der Waals surface area contributed by atoms with E-state index in [2.05, 4.69) is 13.0 Å². The van der Waals surface area contributed by atoms with E-state index in [1.54, 1.807) is 0 Å². The van der Waals surface area contributed by atoms with Gasteiger partial charge in [0.1, 0.15) is 103 Å². The number of Topliss-reactive ketones (excluding diaryl/α,β-unsaturated/α-hetero) is 1. The number of ether oxygens (including phenoxy) is 9. The van der Waals surface area contributed by atoms with Gasteiger partial charge in [-0.3, -0.25) is 4.79 Å². The molecule has 9 aliphatic rings. The minimum Gasteiger partial charge on any atom is -0.394 e. The van der Waals surface area contributed by atoms with Crippen molar-refractivity contribution in [3.05, 3.63) is 11.6 Å². The van der Waals surface area contributed by atoms with Gasteiger partial charge in [-0.2, -0.15) is 0 Å². The van der Waals surface area contributed by atoms with E-state index in [0.717, 1.165) is 5.57 Å². The molecule has 0 spiro atoms. The summed E-state index contributed by atoms with van der Waals surface area (Å²) in [6.45, 7) is 5.20. The van der Waals surface area contributed by atoms with E-state index in [-0.39, 0.29) is 65.8 Å². The summed E-state index contributed by atoms with van der Waals surface area (Å²) < 4.78 is 53.1. The van der Waals surface area contributed by atoms with Gasteiger partial charge in [0, 0.05) is 30.1 Å². The number of rotatable bonds is 16. The summed E-state index contributed by atoms with van der Waals surface area (Å²) in [6.07, 6.45) is -27.3. The van der Waals surface area contributed by atoms with Gasteiger partial charge in [0.2, 0.25) is 0 Å². The molecule has 3 saturated carbocycles. The molecule has 0 bridgehead atoms. The highest BCUT2D eigenvalue weighted by Crippen LogP contribution is 2.69. The molecule has 4 aliphatic carbocycles. The molecule has 31 unspecified atom stereocenters. The third-order valence-corrected chi connectivity index (χ3v) is 19.4. The Labute approximate surface area is 439 Å². The highest BCUT2D eigenvalue weighted by molar-refractivity contribution is 5.87. The van der Waals surface area contributed by atoms with Crippen LogP contribution in [0.4, 0.5) is 0 Å². The first-order valence-corrected chi connectivity index (χ1v) is 27.0. The minimum absolute atomic E-state index is 0.00416. The topological polar surface area (TPSA) is 404 Å². The SMILES string of the molecule is CC(CCC1(O)OC2CC3C4CC=C5CC(OC6OC(CO)C(OC7OC(CO)C(O)C(O)C7OC7OC(CO)C(O)C(O)C7O)C(O)C6O)CCC5(C)C4CC(=O)C3(C)C2C1C)COC1OC(CO)C(O)C(O)C1O. The zero-order chi connectivity index (χ0) is 55.1. The second-order valence-electron chi connectivity index (χ2n) is 23.7. The molecule has 25 heteroatoms. The van der Waals surface area contributed by atoms with Crippen molar-refractivity contribution in [3.63, 3.8) is 0 Å². The van der Waals surface area contributed by atoms with Crippen LogP contribution in [0.25, 0.3) is 0 Å². The zero-order valence-electron chi connectivity index (χ0n) is 43.2. The Kier molecular flexibility index (Phi) is 17.9. The first-order valence-electron chi connectivity index (χ1n) is 27.0. The van der Waals surface area contributed by atoms with Crippen LogP contribution in [-0.2, 0) is 47.4 Å². The molecule has 0 aromatic carbocycles. The highest BCUT2D eigenvalue weighted by atomic mass is 16.8. The Morgan fingerprint density at radius 2 is 1.17 bits per heavy atom. The molecule has 0 radical (unpaired) electrons. The fourth-order valence-corrected chi connectivity index (χ4v) is 14.7. The molecule has 8 fully saturated rings. The van der Waals surface area contributed by atoms with Crippen LogP contribution in [0.3, 0.4) is 0 Å². The van der Waals surface area contributed by atoms with E-state index in [1.807, 2.05) is 20.8 Å². The molecule has 0 aromatic rings. The Balaban J connectivity index is 0.810. The normalized spacial score (nSPS) is 53.8. The fraction of sp³-hybridized carbons (Fsp3) is 0.941. The lowest BCUT2D eigenvalue weighted by molar-refractivity contribution is -0.390. The molecule has 5 saturated heterocycles. The number of fused-ring (bicyclic) bond motifs is 7. The molecule has 9 rings (SSSR count). The summed E-state index contributed by atoms with van der Waals surface area (Å²) in [4.78, 5) is 14.7. The lowest BCUT2D eigenvalue weighted by Crippen LogP contribution is -2.67. The molecule has 15 N–H and O–H groups in total. The van der Waals surface area contributed by atoms with Crippen molar-refractivity contribution in [2.24, 2.45) is 46.3 Å². The summed E-state index contributed by atoms with van der Waals surface area (Å²) in [5.41, 5.74) is 0.00157. The van der Waals surface area contributed by atoms with E-state index in [4.69, 9.17) is 42.6 Å². The van der Waals surface area contributed by atoms with Gasteiger partial charge in [0.05, 0.1) is 45.2 Å². The van der Waals surface area contributed by atoms with Crippen LogP contribution < -0.4 is 0 Å². The van der Waals surface area contributed by atoms with Gasteiger partial charge in [-0.1, -0.05) is 39.3 Å². The van der Waals surface area contributed by atoms with Crippen LogP contribution in [0.1, 0.15) is 79.1 Å². The molecule has 0 aromatic heterocycles. The summed E-state index contributed by atoms with van der Waals surface area (Å²) in [5.74, 6) is -1.91. The smallest absolute Gasteiger partial charge is 0.187 e. The maximum atomic E-state index is 14.7. The number of allylic oxidation sites excluding steroid dienone is 1. The zero-order valence-corrected chi connectivity index (χ0v) is 43.2. The average molecular weight is 1100 g/mol. The third kappa shape index (κ3) is 10.3. The number of hydrogen-bond acceptors (Lipinski definition) is 25. The second-order valence-corrected chi connectivity index (χ2v) is 23.7. The molecular formula is C51H82O25. The monoisotopic (exact) mass is 1090 g/mol. The van der Waals surface area contributed by atoms with Gasteiger partial charge < -0.3 is 119 Å². The number of aliphatic hydroxyl groups excluding tert-OH is 14. The van der Waals surface area contributed by atoms with Crippen molar-refractivity contribution in [2.75, 3.05) is 33.0 Å². The van der Waals surface area contributed by atoms with E-state index in [1.165, 1.54) is 0 Å². The van der Waals surface area contributed by atoms with Crippen LogP contribution in [0.5, 0.6) is 0 Å². The number of carbonyl (C=O) groups is 1. The first kappa shape index (κ1) is 59.1. The van der Waals surface area contributed by atoms with Crippen LogP contribution in [-0.4, -0.2) is 256 Å². The van der Waals surface area contributed by atoms with Crippen molar-refractivity contribution in [1.29, 1.82) is 0 Å². The van der Waals surface area contributed by atoms with Gasteiger partial charge in [-0.25, -0.2) is 0 Å². The lowest BCUT2D eigenvalue weighted by Gasteiger charge is -2.57. The van der Waals surface area contributed by atoms with E-state index >= 15 is 0 Å². The van der Waals surface area contributed by atoms with E-state index in [0.29, 0.717) is 44.9 Å². The molecule has 25 nitrogen and oxygen atoms in total. The standard InChI is InChI=1S/C51H82O25/c1-19(18-68-45-40(64)36(60)33(57)27(14-52)70-45)7-10-51(67)20(2)32-26(76-51)12-25-23-6-5-21-11-22(8-9-49(21,3)24(23)13-31(56)50(25,32)4)69-46-42(66)39(63)43(30(17-55)73-46)74-48-44(38(62)35(59)29(16-54)72-48)75-47-41(65)37(61)34(58)28(15-53)71-47/h5,19-20,22-30,32-48,52-55,57-67H,6-18H2,1-4H3. The van der Waals surface area contributed by atoms with E-state index in [9.17, 15) is 81.4 Å². The van der Waals surface area contributed by atoms with Crippen molar-refractivity contribution in [2.45, 2.75) is 220 Å². The van der Waals surface area contributed by atoms with Gasteiger partial charge in [0.15, 0.2) is 30.9 Å². The quantitative estimate of drug-likeness (QED) is 0.0645. The number of aliphatic hydroxyl groups is 15. The molecule has 31 atom stereocenters. The van der Waals surface area contributed by atoms with Crippen LogP contribution in [0.15, 0.2) is 11.6 Å². The van der Waals surface area contributed by atoms with Crippen LogP contribution >= 0.6 is 0 Å². The molecule has 5 aliphatic heterocycles. The average Bonchev–Trinajstić information content (AvgIpc) is 3.85.